The molecule has 0 spiro atoms. The molecule has 5 rings (SSSR count). The molecule has 2 fully saturated rings. The number of nitrogens with one attached hydrogen (secondary N) is 1. The lowest BCUT2D eigenvalue weighted by molar-refractivity contribution is 0.182. The Kier molecular flexibility index (Phi) is 4.91. The van der Waals surface area contributed by atoms with Gasteiger partial charge in [0.25, 0.3) is 0 Å². The summed E-state index contributed by atoms with van der Waals surface area (Å²) in [6.45, 7) is 4.12. The highest BCUT2D eigenvalue weighted by atomic mass is 35.5. The maximum Gasteiger partial charge on any atom is 0.178 e. The van der Waals surface area contributed by atoms with E-state index in [1.807, 2.05) is 28.8 Å². The topological polar surface area (TPSA) is 58.3 Å². The second kappa shape index (κ2) is 7.68. The van der Waals surface area contributed by atoms with Gasteiger partial charge in [0.1, 0.15) is 5.82 Å². The van der Waals surface area contributed by atoms with Crippen LogP contribution in [0.1, 0.15) is 43.0 Å². The summed E-state index contributed by atoms with van der Waals surface area (Å²) >= 11 is 6.30. The summed E-state index contributed by atoms with van der Waals surface area (Å²) in [5, 5.41) is 17.6. The van der Waals surface area contributed by atoms with E-state index in [4.69, 9.17) is 16.7 Å². The van der Waals surface area contributed by atoms with Crippen LogP contribution in [0.2, 0.25) is 5.02 Å². The lowest BCUT2D eigenvalue weighted by atomic mass is 9.96. The summed E-state index contributed by atoms with van der Waals surface area (Å²) in [6.07, 6.45) is 4.79. The Hall–Kier alpha value is -2.18. The summed E-state index contributed by atoms with van der Waals surface area (Å²) in [7, 11) is 0. The summed E-state index contributed by atoms with van der Waals surface area (Å²) in [4.78, 5) is 2.50. The zero-order valence-corrected chi connectivity index (χ0v) is 16.6. The van der Waals surface area contributed by atoms with Gasteiger partial charge in [-0.05, 0) is 68.5 Å². The van der Waals surface area contributed by atoms with Gasteiger partial charge in [-0.3, -0.25) is 4.90 Å². The molecule has 28 heavy (non-hydrogen) atoms. The van der Waals surface area contributed by atoms with Crippen molar-refractivity contribution >= 4 is 23.1 Å². The molecule has 0 bridgehead atoms. The van der Waals surface area contributed by atoms with Crippen LogP contribution in [0.15, 0.2) is 36.4 Å². The van der Waals surface area contributed by atoms with Gasteiger partial charge < -0.3 is 5.32 Å². The van der Waals surface area contributed by atoms with E-state index in [1.165, 1.54) is 31.2 Å². The minimum Gasteiger partial charge on any atom is -0.368 e. The molecule has 3 aromatic rings. The molecule has 1 saturated carbocycles. The Balaban J connectivity index is 1.15. The van der Waals surface area contributed by atoms with Gasteiger partial charge in [-0.25, -0.2) is 0 Å². The zero-order chi connectivity index (χ0) is 18.9. The van der Waals surface area contributed by atoms with E-state index in [9.17, 15) is 0 Å². The maximum atomic E-state index is 6.30. The third-order valence-electron chi connectivity index (χ3n) is 5.86. The number of nitrogens with zero attached hydrogens (tertiary/aromatic N) is 5. The molecule has 1 saturated heterocycles. The molecule has 6 nitrogen and oxygen atoms in total. The second-order valence-electron chi connectivity index (χ2n) is 8.01. The average molecular weight is 397 g/mol. The van der Waals surface area contributed by atoms with Gasteiger partial charge in [-0.1, -0.05) is 29.8 Å². The van der Waals surface area contributed by atoms with E-state index in [-0.39, 0.29) is 0 Å². The third-order valence-corrected chi connectivity index (χ3v) is 6.23. The van der Waals surface area contributed by atoms with Crippen molar-refractivity contribution in [3.05, 3.63) is 52.8 Å². The van der Waals surface area contributed by atoms with Gasteiger partial charge >= 0.3 is 0 Å². The number of halogens is 1. The average Bonchev–Trinajstić information content (AvgIpc) is 3.48. The van der Waals surface area contributed by atoms with E-state index in [2.05, 4.69) is 32.5 Å². The number of piperidine rings is 1. The van der Waals surface area contributed by atoms with Crippen molar-refractivity contribution < 1.29 is 0 Å². The molecule has 1 N–H and O–H groups in total. The molecule has 1 aliphatic heterocycles. The van der Waals surface area contributed by atoms with Gasteiger partial charge in [0.2, 0.25) is 0 Å². The molecule has 1 aromatic carbocycles. The lowest BCUT2D eigenvalue weighted by Crippen LogP contribution is -2.35. The van der Waals surface area contributed by atoms with E-state index < -0.39 is 0 Å². The van der Waals surface area contributed by atoms with E-state index in [0.29, 0.717) is 11.8 Å². The number of anilines is 1. The number of benzene rings is 1. The van der Waals surface area contributed by atoms with Crippen molar-refractivity contribution in [2.45, 2.75) is 38.1 Å². The molecule has 146 valence electrons. The Morgan fingerprint density at radius 2 is 1.82 bits per heavy atom. The van der Waals surface area contributed by atoms with E-state index >= 15 is 0 Å². The summed E-state index contributed by atoms with van der Waals surface area (Å²) < 4.78 is 1.91. The van der Waals surface area contributed by atoms with Crippen molar-refractivity contribution in [2.24, 2.45) is 5.92 Å². The minimum atomic E-state index is 0.542. The monoisotopic (exact) mass is 396 g/mol. The smallest absolute Gasteiger partial charge is 0.178 e. The molecule has 0 atom stereocenters. The highest BCUT2D eigenvalue weighted by molar-refractivity contribution is 6.31. The number of fused-ring (bicyclic) bond motifs is 1. The Morgan fingerprint density at radius 1 is 1.00 bits per heavy atom. The van der Waals surface area contributed by atoms with Gasteiger partial charge in [-0.2, -0.15) is 4.52 Å². The standard InChI is InChI=1S/C21H25ClN6/c22-18-4-2-1-3-17(18)14-27-11-9-15(10-12-27)13-23-19-7-8-20-24-25-21(16-5-6-16)28(20)26-19/h1-4,7-8,15-16H,5-6,9-14H2,(H,23,26). The fraction of sp³-hybridized carbons (Fsp3) is 0.476. The third kappa shape index (κ3) is 3.84. The molecule has 2 aliphatic rings. The second-order valence-corrected chi connectivity index (χ2v) is 8.42. The van der Waals surface area contributed by atoms with Crippen molar-refractivity contribution in [1.82, 2.24) is 24.7 Å². The Morgan fingerprint density at radius 3 is 2.61 bits per heavy atom. The van der Waals surface area contributed by atoms with E-state index in [1.54, 1.807) is 0 Å². The van der Waals surface area contributed by atoms with Gasteiger partial charge in [0, 0.05) is 24.0 Å². The molecule has 2 aromatic heterocycles. The first-order valence-corrected chi connectivity index (χ1v) is 10.6. The number of hydrogen-bond donors (Lipinski definition) is 1. The normalized spacial score (nSPS) is 18.6. The number of rotatable bonds is 6. The maximum absolute atomic E-state index is 6.30. The highest BCUT2D eigenvalue weighted by Crippen LogP contribution is 2.38. The lowest BCUT2D eigenvalue weighted by Gasteiger charge is -2.32. The first kappa shape index (κ1) is 17.9. The van der Waals surface area contributed by atoms with Crippen molar-refractivity contribution in [3.8, 4) is 0 Å². The number of hydrogen-bond acceptors (Lipinski definition) is 5. The van der Waals surface area contributed by atoms with E-state index in [0.717, 1.165) is 48.5 Å². The highest BCUT2D eigenvalue weighted by Gasteiger charge is 2.29. The molecule has 0 radical (unpaired) electrons. The van der Waals surface area contributed by atoms with Gasteiger partial charge in [0.05, 0.1) is 0 Å². The molecular formula is C21H25ClN6. The van der Waals surface area contributed by atoms with Gasteiger partial charge in [-0.15, -0.1) is 15.3 Å². The van der Waals surface area contributed by atoms with Crippen LogP contribution in [-0.2, 0) is 6.54 Å². The molecule has 1 aliphatic carbocycles. The molecule has 0 unspecified atom stereocenters. The van der Waals surface area contributed by atoms with Crippen LogP contribution >= 0.6 is 11.6 Å². The Labute approximate surface area is 169 Å². The summed E-state index contributed by atoms with van der Waals surface area (Å²) in [6, 6.07) is 12.2. The molecule has 0 amide bonds. The van der Waals surface area contributed by atoms with Crippen molar-refractivity contribution in [2.75, 3.05) is 25.0 Å². The predicted molar refractivity (Wildman–Crippen MR) is 111 cm³/mol. The van der Waals surface area contributed by atoms with Crippen molar-refractivity contribution in [1.29, 1.82) is 0 Å². The van der Waals surface area contributed by atoms with Crippen LogP contribution in [-0.4, -0.2) is 44.3 Å². The summed E-state index contributed by atoms with van der Waals surface area (Å²) in [5.41, 5.74) is 2.05. The SMILES string of the molecule is Clc1ccccc1CN1CCC(CNc2ccc3nnc(C4CC4)n3n2)CC1. The largest absolute Gasteiger partial charge is 0.368 e. The quantitative estimate of drug-likeness (QED) is 0.683. The number of aromatic nitrogens is 4. The van der Waals surface area contributed by atoms with Crippen LogP contribution in [0.25, 0.3) is 5.65 Å². The molecule has 7 heteroatoms. The number of likely N-dealkylation sites (tertiary alicyclic amines) is 1. The first-order valence-electron chi connectivity index (χ1n) is 10.2. The fourth-order valence-corrected chi connectivity index (χ4v) is 4.16. The van der Waals surface area contributed by atoms with Crippen molar-refractivity contribution in [3.63, 3.8) is 0 Å². The minimum absolute atomic E-state index is 0.542. The van der Waals surface area contributed by atoms with Crippen LogP contribution in [0, 0.1) is 5.92 Å². The first-order chi connectivity index (χ1) is 13.8. The van der Waals surface area contributed by atoms with Crippen LogP contribution in [0.3, 0.4) is 0 Å². The van der Waals surface area contributed by atoms with Gasteiger partial charge in [0.15, 0.2) is 11.5 Å². The summed E-state index contributed by atoms with van der Waals surface area (Å²) in [5.74, 6) is 3.13. The van der Waals surface area contributed by atoms with Crippen LogP contribution < -0.4 is 5.32 Å². The molecular weight excluding hydrogens is 372 g/mol. The Bertz CT molecular complexity index is 958. The molecule has 3 heterocycles. The fourth-order valence-electron chi connectivity index (χ4n) is 3.96. The zero-order valence-electron chi connectivity index (χ0n) is 15.9. The van der Waals surface area contributed by atoms with Crippen LogP contribution in [0.5, 0.6) is 0 Å². The van der Waals surface area contributed by atoms with Crippen LogP contribution in [0.4, 0.5) is 5.82 Å². The predicted octanol–water partition coefficient (Wildman–Crippen LogP) is 3.98.